The third-order valence-electron chi connectivity index (χ3n) is 5.65. The van der Waals surface area contributed by atoms with Crippen LogP contribution in [0.5, 0.6) is 0 Å². The van der Waals surface area contributed by atoms with Crippen molar-refractivity contribution in [2.45, 2.75) is 77.7 Å². The third-order valence-corrected chi connectivity index (χ3v) is 7.38. The Kier molecular flexibility index (Phi) is 7.46. The van der Waals surface area contributed by atoms with Crippen molar-refractivity contribution in [1.82, 2.24) is 10.0 Å². The molecule has 0 heterocycles. The second-order valence-electron chi connectivity index (χ2n) is 8.12. The van der Waals surface area contributed by atoms with Crippen LogP contribution in [0.25, 0.3) is 0 Å². The Morgan fingerprint density at radius 1 is 1.11 bits per heavy atom. The fourth-order valence-electron chi connectivity index (χ4n) is 3.98. The van der Waals surface area contributed by atoms with Gasteiger partial charge in [-0.05, 0) is 76.8 Å². The lowest BCUT2D eigenvalue weighted by atomic mass is 9.81. The minimum Gasteiger partial charge on any atom is -0.353 e. The quantitative estimate of drug-likeness (QED) is 0.742. The Labute approximate surface area is 164 Å². The molecule has 1 atom stereocenters. The van der Waals surface area contributed by atoms with E-state index in [1.165, 1.54) is 0 Å². The van der Waals surface area contributed by atoms with Gasteiger partial charge in [0.15, 0.2) is 0 Å². The average Bonchev–Trinajstić information content (AvgIpc) is 2.59. The molecule has 1 aromatic rings. The van der Waals surface area contributed by atoms with Crippen molar-refractivity contribution in [1.29, 1.82) is 0 Å². The summed E-state index contributed by atoms with van der Waals surface area (Å²) in [6, 6.07) is 4.02. The zero-order valence-corrected chi connectivity index (χ0v) is 18.1. The minimum atomic E-state index is -3.52. The van der Waals surface area contributed by atoms with Gasteiger partial charge in [-0.15, -0.1) is 0 Å². The monoisotopic (exact) mass is 394 g/mol. The predicted octanol–water partition coefficient (Wildman–Crippen LogP) is 3.61. The van der Waals surface area contributed by atoms with Crippen LogP contribution in [0.4, 0.5) is 0 Å². The summed E-state index contributed by atoms with van der Waals surface area (Å²) in [7, 11) is -3.52. The number of nitrogens with one attached hydrogen (secondary N) is 2. The fourth-order valence-corrected chi connectivity index (χ4v) is 5.55. The van der Waals surface area contributed by atoms with Gasteiger partial charge in [0.05, 0.1) is 4.90 Å². The summed E-state index contributed by atoms with van der Waals surface area (Å²) in [4.78, 5) is 12.7. The van der Waals surface area contributed by atoms with Gasteiger partial charge in [-0.3, -0.25) is 4.79 Å². The summed E-state index contributed by atoms with van der Waals surface area (Å²) in [5.74, 6) is 0.501. The molecule has 6 heteroatoms. The Hall–Kier alpha value is -1.40. The molecule has 0 aromatic heterocycles. The molecule has 1 amide bonds. The average molecular weight is 395 g/mol. The molecule has 1 aromatic carbocycles. The molecule has 27 heavy (non-hydrogen) atoms. The Balaban J connectivity index is 1.90. The molecule has 0 spiro atoms. The highest BCUT2D eigenvalue weighted by atomic mass is 32.2. The second-order valence-corrected chi connectivity index (χ2v) is 9.82. The van der Waals surface area contributed by atoms with Crippen LogP contribution in [0, 0.1) is 32.6 Å². The largest absolute Gasteiger partial charge is 0.353 e. The van der Waals surface area contributed by atoms with Crippen LogP contribution in [0.2, 0.25) is 0 Å². The molecule has 0 saturated heterocycles. The van der Waals surface area contributed by atoms with Crippen molar-refractivity contribution in [3.8, 4) is 0 Å². The molecule has 152 valence electrons. The van der Waals surface area contributed by atoms with Crippen molar-refractivity contribution in [3.05, 3.63) is 28.8 Å². The zero-order chi connectivity index (χ0) is 20.2. The normalized spacial score (nSPS) is 21.7. The molecule has 1 saturated carbocycles. The van der Waals surface area contributed by atoms with Crippen LogP contribution in [-0.2, 0) is 14.8 Å². The van der Waals surface area contributed by atoms with E-state index in [1.54, 1.807) is 0 Å². The van der Waals surface area contributed by atoms with E-state index in [9.17, 15) is 13.2 Å². The highest BCUT2D eigenvalue weighted by Crippen LogP contribution is 2.29. The van der Waals surface area contributed by atoms with Gasteiger partial charge in [0, 0.05) is 18.5 Å². The predicted molar refractivity (Wildman–Crippen MR) is 109 cm³/mol. The zero-order valence-electron chi connectivity index (χ0n) is 17.3. The molecule has 0 aliphatic heterocycles. The summed E-state index contributed by atoms with van der Waals surface area (Å²) in [6.07, 6.45) is 4.36. The van der Waals surface area contributed by atoms with Crippen molar-refractivity contribution in [2.24, 2.45) is 11.8 Å². The number of carbonyl (C=O) groups excluding carboxylic acids is 1. The van der Waals surface area contributed by atoms with E-state index in [-0.39, 0.29) is 17.9 Å². The van der Waals surface area contributed by atoms with Crippen LogP contribution in [-0.4, -0.2) is 26.9 Å². The lowest BCUT2D eigenvalue weighted by molar-refractivity contribution is -0.126. The number of hydrogen-bond donors (Lipinski definition) is 2. The van der Waals surface area contributed by atoms with Gasteiger partial charge in [0.2, 0.25) is 15.9 Å². The van der Waals surface area contributed by atoms with E-state index in [0.717, 1.165) is 48.8 Å². The molecular weight excluding hydrogens is 360 g/mol. The van der Waals surface area contributed by atoms with Crippen LogP contribution >= 0.6 is 0 Å². The number of carbonyl (C=O) groups is 1. The summed E-state index contributed by atoms with van der Waals surface area (Å²) >= 11 is 0. The van der Waals surface area contributed by atoms with Gasteiger partial charge in [-0.1, -0.05) is 24.6 Å². The number of sulfonamides is 1. The number of benzene rings is 1. The molecule has 0 radical (unpaired) electrons. The van der Waals surface area contributed by atoms with Crippen molar-refractivity contribution in [2.75, 3.05) is 6.54 Å². The molecule has 1 aliphatic carbocycles. The van der Waals surface area contributed by atoms with Gasteiger partial charge in [0.25, 0.3) is 0 Å². The third kappa shape index (κ3) is 5.79. The first-order valence-electron chi connectivity index (χ1n) is 10.0. The second kappa shape index (κ2) is 9.20. The molecule has 0 bridgehead atoms. The number of rotatable bonds is 7. The number of amides is 1. The maximum atomic E-state index is 12.8. The lowest BCUT2D eigenvalue weighted by Gasteiger charge is -2.28. The summed E-state index contributed by atoms with van der Waals surface area (Å²) in [5.41, 5.74) is 2.63. The minimum absolute atomic E-state index is 0.0634. The maximum absolute atomic E-state index is 12.8. The van der Waals surface area contributed by atoms with Crippen molar-refractivity contribution < 1.29 is 13.2 Å². The first-order valence-corrected chi connectivity index (χ1v) is 11.5. The maximum Gasteiger partial charge on any atom is 0.241 e. The van der Waals surface area contributed by atoms with E-state index >= 15 is 0 Å². The van der Waals surface area contributed by atoms with Gasteiger partial charge < -0.3 is 5.32 Å². The molecule has 1 fully saturated rings. The number of aryl methyl sites for hydroxylation is 3. The first-order chi connectivity index (χ1) is 12.6. The molecule has 2 N–H and O–H groups in total. The first kappa shape index (κ1) is 21.9. The van der Waals surface area contributed by atoms with Gasteiger partial charge in [0.1, 0.15) is 0 Å². The van der Waals surface area contributed by atoms with Crippen LogP contribution in [0.3, 0.4) is 0 Å². The Morgan fingerprint density at radius 2 is 1.67 bits per heavy atom. The Morgan fingerprint density at radius 3 is 2.19 bits per heavy atom. The summed E-state index contributed by atoms with van der Waals surface area (Å²) in [5, 5.41) is 3.06. The Bertz CT molecular complexity index is 743. The topological polar surface area (TPSA) is 75.3 Å². The van der Waals surface area contributed by atoms with Crippen LogP contribution in [0.1, 0.15) is 62.6 Å². The molecule has 2 rings (SSSR count). The van der Waals surface area contributed by atoms with E-state index in [1.807, 2.05) is 39.8 Å². The number of hydrogen-bond acceptors (Lipinski definition) is 3. The van der Waals surface area contributed by atoms with Crippen LogP contribution < -0.4 is 10.0 Å². The van der Waals surface area contributed by atoms with Crippen molar-refractivity contribution in [3.63, 3.8) is 0 Å². The van der Waals surface area contributed by atoms with E-state index < -0.39 is 10.0 Å². The fraction of sp³-hybridized carbons (Fsp3) is 0.667. The van der Waals surface area contributed by atoms with E-state index in [4.69, 9.17) is 0 Å². The molecular formula is C21H34N2O3S. The molecule has 0 unspecified atom stereocenters. The summed E-state index contributed by atoms with van der Waals surface area (Å²) < 4.78 is 28.4. The SMILES string of the molecule is CC[C@H](C)NC(=O)C1CCC(CNS(=O)(=O)c2c(C)cc(C)cc2C)CC1. The van der Waals surface area contributed by atoms with E-state index in [2.05, 4.69) is 17.0 Å². The van der Waals surface area contributed by atoms with Gasteiger partial charge in [-0.2, -0.15) is 0 Å². The van der Waals surface area contributed by atoms with Crippen molar-refractivity contribution >= 4 is 15.9 Å². The highest BCUT2D eigenvalue weighted by Gasteiger charge is 2.28. The standard InChI is InChI=1S/C21H34N2O3S/c1-6-17(5)23-21(24)19-9-7-18(8-10-19)13-22-27(25,26)20-15(3)11-14(2)12-16(20)4/h11-12,17-19,22H,6-10,13H2,1-5H3,(H,23,24)/t17-,18?,19?/m0/s1. The lowest BCUT2D eigenvalue weighted by Crippen LogP contribution is -2.39. The smallest absolute Gasteiger partial charge is 0.241 e. The van der Waals surface area contributed by atoms with E-state index in [0.29, 0.717) is 17.4 Å². The van der Waals surface area contributed by atoms with Crippen LogP contribution in [0.15, 0.2) is 17.0 Å². The van der Waals surface area contributed by atoms with Gasteiger partial charge >= 0.3 is 0 Å². The molecule has 5 nitrogen and oxygen atoms in total. The summed E-state index contributed by atoms with van der Waals surface area (Å²) in [6.45, 7) is 10.2. The highest BCUT2D eigenvalue weighted by molar-refractivity contribution is 7.89. The van der Waals surface area contributed by atoms with Gasteiger partial charge in [-0.25, -0.2) is 13.1 Å². The molecule has 1 aliphatic rings.